The lowest BCUT2D eigenvalue weighted by Crippen LogP contribution is -2.07. The molecule has 102 valence electrons. The van der Waals surface area contributed by atoms with Gasteiger partial charge in [0.2, 0.25) is 0 Å². The second-order valence-electron chi connectivity index (χ2n) is 5.06. The number of rotatable bonds is 9. The molecule has 0 radical (unpaired) electrons. The number of hydrogen-bond donors (Lipinski definition) is 1. The number of hydrogen-bond acceptors (Lipinski definition) is 2. The SMILES string of the molecule is C=C(/C=C/[C@@H](CCC(C)=O)C(C)C)CCC(=O)O. The van der Waals surface area contributed by atoms with Crippen LogP contribution in [0.5, 0.6) is 0 Å². The normalized spacial score (nSPS) is 12.9. The summed E-state index contributed by atoms with van der Waals surface area (Å²) in [5.41, 5.74) is 0.825. The Kier molecular flexibility index (Phi) is 8.01. The Hall–Kier alpha value is -1.38. The maximum Gasteiger partial charge on any atom is 0.303 e. The highest BCUT2D eigenvalue weighted by Crippen LogP contribution is 2.20. The second kappa shape index (κ2) is 8.67. The van der Waals surface area contributed by atoms with Gasteiger partial charge in [-0.05, 0) is 31.6 Å². The van der Waals surface area contributed by atoms with E-state index in [1.165, 1.54) is 0 Å². The number of allylic oxidation sites excluding steroid dienone is 3. The van der Waals surface area contributed by atoms with E-state index in [1.54, 1.807) is 6.92 Å². The van der Waals surface area contributed by atoms with Crippen molar-refractivity contribution >= 4 is 11.8 Å². The molecule has 0 fully saturated rings. The third-order valence-electron chi connectivity index (χ3n) is 2.93. The van der Waals surface area contributed by atoms with E-state index in [-0.39, 0.29) is 12.2 Å². The molecule has 3 heteroatoms. The Morgan fingerprint density at radius 1 is 1.22 bits per heavy atom. The monoisotopic (exact) mass is 252 g/mol. The molecular weight excluding hydrogens is 228 g/mol. The summed E-state index contributed by atoms with van der Waals surface area (Å²) in [5, 5.41) is 8.57. The highest BCUT2D eigenvalue weighted by atomic mass is 16.4. The highest BCUT2D eigenvalue weighted by molar-refractivity contribution is 5.75. The lowest BCUT2D eigenvalue weighted by Gasteiger charge is -2.16. The minimum Gasteiger partial charge on any atom is -0.481 e. The molecule has 0 aromatic rings. The van der Waals surface area contributed by atoms with Crippen molar-refractivity contribution in [1.29, 1.82) is 0 Å². The molecule has 0 bridgehead atoms. The van der Waals surface area contributed by atoms with Crippen molar-refractivity contribution in [1.82, 2.24) is 0 Å². The molecule has 0 rings (SSSR count). The number of carbonyl (C=O) groups excluding carboxylic acids is 1. The van der Waals surface area contributed by atoms with E-state index in [4.69, 9.17) is 5.11 Å². The number of carboxylic acids is 1. The van der Waals surface area contributed by atoms with Crippen molar-refractivity contribution in [3.8, 4) is 0 Å². The maximum atomic E-state index is 11.0. The summed E-state index contributed by atoms with van der Waals surface area (Å²) in [6.07, 6.45) is 5.97. The van der Waals surface area contributed by atoms with Crippen LogP contribution in [0.2, 0.25) is 0 Å². The third-order valence-corrected chi connectivity index (χ3v) is 2.93. The van der Waals surface area contributed by atoms with E-state index in [1.807, 2.05) is 6.08 Å². The summed E-state index contributed by atoms with van der Waals surface area (Å²) in [7, 11) is 0. The molecule has 1 atom stereocenters. The molecule has 0 aliphatic heterocycles. The quantitative estimate of drug-likeness (QED) is 0.638. The van der Waals surface area contributed by atoms with Gasteiger partial charge in [0.05, 0.1) is 0 Å². The Morgan fingerprint density at radius 3 is 2.28 bits per heavy atom. The van der Waals surface area contributed by atoms with Crippen LogP contribution in [0.1, 0.15) is 46.5 Å². The highest BCUT2D eigenvalue weighted by Gasteiger charge is 2.10. The van der Waals surface area contributed by atoms with Gasteiger partial charge in [-0.2, -0.15) is 0 Å². The van der Waals surface area contributed by atoms with Gasteiger partial charge < -0.3 is 9.90 Å². The fourth-order valence-electron chi connectivity index (χ4n) is 1.63. The molecule has 0 aromatic carbocycles. The number of carboxylic acid groups (broad SMARTS) is 1. The molecule has 0 unspecified atom stereocenters. The fourth-order valence-corrected chi connectivity index (χ4v) is 1.63. The summed E-state index contributed by atoms with van der Waals surface area (Å²) in [6, 6.07) is 0. The molecule has 0 saturated carbocycles. The van der Waals surface area contributed by atoms with Crippen molar-refractivity contribution in [2.75, 3.05) is 0 Å². The number of Topliss-reactive ketones (excluding diaryl/α,β-unsaturated/α-hetero) is 1. The third kappa shape index (κ3) is 8.74. The van der Waals surface area contributed by atoms with Crippen molar-refractivity contribution in [2.24, 2.45) is 11.8 Å². The number of carbonyl (C=O) groups is 2. The molecule has 0 heterocycles. The van der Waals surface area contributed by atoms with E-state index in [9.17, 15) is 9.59 Å². The van der Waals surface area contributed by atoms with Crippen molar-refractivity contribution in [3.05, 3.63) is 24.3 Å². The first-order valence-electron chi connectivity index (χ1n) is 6.40. The zero-order valence-electron chi connectivity index (χ0n) is 11.6. The molecule has 1 N–H and O–H groups in total. The average Bonchev–Trinajstić information content (AvgIpc) is 2.25. The van der Waals surface area contributed by atoms with Gasteiger partial charge in [-0.3, -0.25) is 4.79 Å². The Morgan fingerprint density at radius 2 is 1.83 bits per heavy atom. The van der Waals surface area contributed by atoms with Crippen LogP contribution < -0.4 is 0 Å². The standard InChI is InChI=1S/C15H24O3/c1-11(2)14(9-7-13(4)16)8-5-12(3)6-10-15(17)18/h5,8,11,14H,3,6-7,9-10H2,1-2,4H3,(H,17,18)/b8-5+/t14-/m0/s1. The molecule has 0 aliphatic rings. The maximum absolute atomic E-state index is 11.0. The van der Waals surface area contributed by atoms with Gasteiger partial charge in [0.1, 0.15) is 5.78 Å². The Balaban J connectivity index is 4.25. The number of aliphatic carboxylic acids is 1. The minimum absolute atomic E-state index is 0.114. The summed E-state index contributed by atoms with van der Waals surface area (Å²) in [6.45, 7) is 9.68. The van der Waals surface area contributed by atoms with Crippen molar-refractivity contribution in [2.45, 2.75) is 46.5 Å². The van der Waals surface area contributed by atoms with Gasteiger partial charge in [-0.15, -0.1) is 0 Å². The molecular formula is C15H24O3. The van der Waals surface area contributed by atoms with E-state index < -0.39 is 5.97 Å². The Bertz CT molecular complexity index is 327. The zero-order valence-corrected chi connectivity index (χ0v) is 11.6. The van der Waals surface area contributed by atoms with Crippen LogP contribution in [0, 0.1) is 11.8 Å². The van der Waals surface area contributed by atoms with Crippen LogP contribution >= 0.6 is 0 Å². The largest absolute Gasteiger partial charge is 0.481 e. The summed E-state index contributed by atoms with van der Waals surface area (Å²) < 4.78 is 0. The van der Waals surface area contributed by atoms with Crippen LogP contribution in [0.15, 0.2) is 24.3 Å². The van der Waals surface area contributed by atoms with Crippen LogP contribution in [0.4, 0.5) is 0 Å². The van der Waals surface area contributed by atoms with Gasteiger partial charge in [0, 0.05) is 12.8 Å². The predicted molar refractivity (Wildman–Crippen MR) is 73.4 cm³/mol. The summed E-state index contributed by atoms with van der Waals surface area (Å²) >= 11 is 0. The van der Waals surface area contributed by atoms with Gasteiger partial charge >= 0.3 is 5.97 Å². The summed E-state index contributed by atoms with van der Waals surface area (Å²) in [4.78, 5) is 21.4. The minimum atomic E-state index is -0.804. The van der Waals surface area contributed by atoms with E-state index in [0.29, 0.717) is 24.7 Å². The van der Waals surface area contributed by atoms with Gasteiger partial charge in [-0.25, -0.2) is 0 Å². The molecule has 18 heavy (non-hydrogen) atoms. The van der Waals surface area contributed by atoms with E-state index >= 15 is 0 Å². The van der Waals surface area contributed by atoms with Crippen LogP contribution in [-0.4, -0.2) is 16.9 Å². The zero-order chi connectivity index (χ0) is 14.1. The van der Waals surface area contributed by atoms with Gasteiger partial charge in [-0.1, -0.05) is 38.2 Å². The van der Waals surface area contributed by atoms with Gasteiger partial charge in [0.25, 0.3) is 0 Å². The molecule has 3 nitrogen and oxygen atoms in total. The first kappa shape index (κ1) is 16.6. The fraction of sp³-hybridized carbons (Fsp3) is 0.600. The van der Waals surface area contributed by atoms with Gasteiger partial charge in [0.15, 0.2) is 0 Å². The molecule has 0 aliphatic carbocycles. The lowest BCUT2D eigenvalue weighted by atomic mass is 9.89. The van der Waals surface area contributed by atoms with Crippen LogP contribution in [0.3, 0.4) is 0 Å². The average molecular weight is 252 g/mol. The smallest absolute Gasteiger partial charge is 0.303 e. The van der Waals surface area contributed by atoms with Crippen LogP contribution in [0.25, 0.3) is 0 Å². The topological polar surface area (TPSA) is 54.4 Å². The molecule has 0 aromatic heterocycles. The van der Waals surface area contributed by atoms with Crippen LogP contribution in [-0.2, 0) is 9.59 Å². The molecule has 0 amide bonds. The van der Waals surface area contributed by atoms with E-state index in [0.717, 1.165) is 12.0 Å². The molecule has 0 spiro atoms. The first-order valence-corrected chi connectivity index (χ1v) is 6.40. The number of ketones is 1. The van der Waals surface area contributed by atoms with Crippen molar-refractivity contribution in [3.63, 3.8) is 0 Å². The summed E-state index contributed by atoms with van der Waals surface area (Å²) in [5.74, 6) is 0.212. The van der Waals surface area contributed by atoms with E-state index in [2.05, 4.69) is 26.5 Å². The lowest BCUT2D eigenvalue weighted by molar-refractivity contribution is -0.137. The second-order valence-corrected chi connectivity index (χ2v) is 5.06. The molecule has 0 saturated heterocycles. The predicted octanol–water partition coefficient (Wildman–Crippen LogP) is 3.61. The first-order chi connectivity index (χ1) is 8.32. The van der Waals surface area contributed by atoms with Crippen molar-refractivity contribution < 1.29 is 14.7 Å². The Labute approximate surface area is 110 Å².